The predicted molar refractivity (Wildman–Crippen MR) is 95.6 cm³/mol. The summed E-state index contributed by atoms with van der Waals surface area (Å²) >= 11 is 0. The van der Waals surface area contributed by atoms with Gasteiger partial charge in [-0.25, -0.2) is 0 Å². The molecule has 0 bridgehead atoms. The van der Waals surface area contributed by atoms with Gasteiger partial charge in [0.05, 0.1) is 24.4 Å². The van der Waals surface area contributed by atoms with Crippen molar-refractivity contribution in [2.24, 2.45) is 5.92 Å². The number of piperidine rings is 1. The first-order valence-electron chi connectivity index (χ1n) is 8.95. The third kappa shape index (κ3) is 5.54. The zero-order valence-electron chi connectivity index (χ0n) is 15.1. The number of hydrogen-bond acceptors (Lipinski definition) is 3. The van der Waals surface area contributed by atoms with Crippen LogP contribution in [-0.2, 0) is 4.79 Å². The molecule has 2 heterocycles. The topological polar surface area (TPSA) is 57.4 Å². The molecule has 1 amide bonds. The standard InChI is InChI=1S/C19H22F3N3O2/c1-13(26)24-18-10-23-17-5-4-15(9-16(17)18)27-8-6-14-3-2-7-25(11-14)12-19(20,21)22/h9-10,14,23H,2-3,6-8,11-12H2,1H3,(H,24,26)/t14-/m0/s1. The summed E-state index contributed by atoms with van der Waals surface area (Å²) < 4.78 is 43.4. The van der Waals surface area contributed by atoms with E-state index in [1.165, 1.54) is 11.8 Å². The fraction of sp³-hybridized carbons (Fsp3) is 0.526. The fourth-order valence-corrected chi connectivity index (χ4v) is 3.47. The molecular formula is C19H22F3N3O2. The smallest absolute Gasteiger partial charge is 0.401 e. The number of fused-ring (bicyclic) bond motifs is 1. The zero-order valence-corrected chi connectivity index (χ0v) is 15.1. The summed E-state index contributed by atoms with van der Waals surface area (Å²) in [4.78, 5) is 15.7. The first kappa shape index (κ1) is 19.4. The SMILES string of the molecule is CC(=O)Nc1c[nH]c2c#cc(OCC[C@@H]3CCCN(CC(F)(F)F)C3)cc12. The van der Waals surface area contributed by atoms with Crippen LogP contribution in [-0.4, -0.2) is 48.2 Å². The number of likely N-dealkylation sites (tertiary alicyclic amines) is 1. The van der Waals surface area contributed by atoms with E-state index in [1.807, 2.05) is 0 Å². The van der Waals surface area contributed by atoms with Crippen LogP contribution < -0.4 is 10.1 Å². The van der Waals surface area contributed by atoms with Gasteiger partial charge in [0.1, 0.15) is 0 Å². The van der Waals surface area contributed by atoms with Crippen molar-refractivity contribution in [1.82, 2.24) is 9.88 Å². The van der Waals surface area contributed by atoms with Gasteiger partial charge in [0.25, 0.3) is 0 Å². The van der Waals surface area contributed by atoms with Gasteiger partial charge < -0.3 is 15.0 Å². The number of H-pyrrole nitrogens is 1. The van der Waals surface area contributed by atoms with E-state index in [9.17, 15) is 18.0 Å². The Morgan fingerprint density at radius 2 is 2.26 bits per heavy atom. The maximum Gasteiger partial charge on any atom is 0.401 e. The number of aromatic amines is 1. The highest BCUT2D eigenvalue weighted by atomic mass is 19.4. The van der Waals surface area contributed by atoms with E-state index in [1.54, 1.807) is 12.3 Å². The molecule has 1 aliphatic rings. The summed E-state index contributed by atoms with van der Waals surface area (Å²) in [6.07, 6.45) is -0.0999. The average molecular weight is 381 g/mol. The first-order chi connectivity index (χ1) is 12.8. The van der Waals surface area contributed by atoms with Crippen LogP contribution in [0.3, 0.4) is 0 Å². The van der Waals surface area contributed by atoms with Crippen LogP contribution in [0, 0.1) is 18.1 Å². The van der Waals surface area contributed by atoms with Gasteiger partial charge in [-0.3, -0.25) is 9.69 Å². The lowest BCUT2D eigenvalue weighted by atomic mass is 9.95. The quantitative estimate of drug-likeness (QED) is 0.801. The molecule has 1 fully saturated rings. The molecule has 27 heavy (non-hydrogen) atoms. The summed E-state index contributed by atoms with van der Waals surface area (Å²) in [7, 11) is 0. The molecule has 8 heteroatoms. The number of nitrogens with one attached hydrogen (secondary N) is 2. The predicted octanol–water partition coefficient (Wildman–Crippen LogP) is 3.77. The molecule has 1 aromatic carbocycles. The Hall–Kier alpha value is -2.40. The minimum atomic E-state index is -4.15. The number of amides is 1. The number of alkyl halides is 3. The molecule has 3 rings (SSSR count). The second kappa shape index (κ2) is 8.09. The molecule has 0 radical (unpaired) electrons. The van der Waals surface area contributed by atoms with Crippen molar-refractivity contribution in [3.63, 3.8) is 0 Å². The number of hydrogen-bond donors (Lipinski definition) is 2. The van der Waals surface area contributed by atoms with Gasteiger partial charge >= 0.3 is 6.18 Å². The fourth-order valence-electron chi connectivity index (χ4n) is 3.47. The van der Waals surface area contributed by atoms with E-state index in [2.05, 4.69) is 22.4 Å². The summed E-state index contributed by atoms with van der Waals surface area (Å²) in [5.41, 5.74) is 1.35. The normalized spacial score (nSPS) is 18.3. The molecule has 1 aliphatic heterocycles. The van der Waals surface area contributed by atoms with Crippen LogP contribution in [0.5, 0.6) is 5.75 Å². The van der Waals surface area contributed by atoms with Gasteiger partial charge in [0.2, 0.25) is 5.91 Å². The molecule has 0 aliphatic carbocycles. The van der Waals surface area contributed by atoms with E-state index < -0.39 is 12.7 Å². The van der Waals surface area contributed by atoms with Gasteiger partial charge in [-0.2, -0.15) is 13.2 Å². The zero-order chi connectivity index (χ0) is 19.4. The minimum absolute atomic E-state index is 0.174. The van der Waals surface area contributed by atoms with Crippen molar-refractivity contribution in [3.8, 4) is 5.75 Å². The highest BCUT2D eigenvalue weighted by molar-refractivity contribution is 6.00. The van der Waals surface area contributed by atoms with Crippen molar-refractivity contribution in [2.45, 2.75) is 32.4 Å². The Morgan fingerprint density at radius 3 is 3.00 bits per heavy atom. The number of carbonyl (C=O) groups excluding carboxylic acids is 1. The maximum atomic E-state index is 12.6. The molecule has 2 aromatic rings. The molecule has 0 saturated carbocycles. The van der Waals surface area contributed by atoms with Gasteiger partial charge in [0, 0.05) is 31.1 Å². The van der Waals surface area contributed by atoms with Gasteiger partial charge in [-0.05, 0) is 43.9 Å². The number of carbonyl (C=O) groups is 1. The average Bonchev–Trinajstić information content (AvgIpc) is 2.95. The molecule has 0 spiro atoms. The molecule has 0 unspecified atom stereocenters. The van der Waals surface area contributed by atoms with Crippen molar-refractivity contribution in [3.05, 3.63) is 24.4 Å². The van der Waals surface area contributed by atoms with E-state index in [0.717, 1.165) is 18.2 Å². The Kier molecular flexibility index (Phi) is 5.80. The first-order valence-corrected chi connectivity index (χ1v) is 8.95. The Morgan fingerprint density at radius 1 is 1.44 bits per heavy atom. The lowest BCUT2D eigenvalue weighted by Gasteiger charge is -2.33. The molecule has 146 valence electrons. The van der Waals surface area contributed by atoms with E-state index in [4.69, 9.17) is 4.74 Å². The third-order valence-corrected chi connectivity index (χ3v) is 4.61. The van der Waals surface area contributed by atoms with Crippen molar-refractivity contribution >= 4 is 22.5 Å². The number of ether oxygens (including phenoxy) is 1. The Labute approximate surface area is 155 Å². The molecular weight excluding hydrogens is 359 g/mol. The van der Waals surface area contributed by atoms with Crippen LogP contribution in [0.4, 0.5) is 18.9 Å². The van der Waals surface area contributed by atoms with Gasteiger partial charge in [-0.1, -0.05) is 0 Å². The Bertz CT molecular complexity index is 788. The third-order valence-electron chi connectivity index (χ3n) is 4.61. The van der Waals surface area contributed by atoms with E-state index >= 15 is 0 Å². The lowest BCUT2D eigenvalue weighted by Crippen LogP contribution is -2.41. The van der Waals surface area contributed by atoms with Crippen molar-refractivity contribution < 1.29 is 22.7 Å². The van der Waals surface area contributed by atoms with Gasteiger partial charge in [0.15, 0.2) is 5.75 Å². The van der Waals surface area contributed by atoms with Crippen LogP contribution in [0.25, 0.3) is 10.9 Å². The van der Waals surface area contributed by atoms with E-state index in [0.29, 0.717) is 43.1 Å². The summed E-state index contributed by atoms with van der Waals surface area (Å²) in [5, 5.41) is 3.50. The van der Waals surface area contributed by atoms with Crippen LogP contribution >= 0.6 is 0 Å². The number of halogens is 3. The summed E-state index contributed by atoms with van der Waals surface area (Å²) in [6, 6.07) is 7.62. The number of rotatable bonds is 6. The largest absolute Gasteiger partial charge is 0.485 e. The van der Waals surface area contributed by atoms with Crippen LogP contribution in [0.2, 0.25) is 0 Å². The lowest BCUT2D eigenvalue weighted by molar-refractivity contribution is -0.149. The minimum Gasteiger partial charge on any atom is -0.485 e. The summed E-state index contributed by atoms with van der Waals surface area (Å²) in [5.74, 6) is 0.513. The second-order valence-electron chi connectivity index (χ2n) is 6.93. The highest BCUT2D eigenvalue weighted by Gasteiger charge is 2.32. The monoisotopic (exact) mass is 381 g/mol. The van der Waals surface area contributed by atoms with Gasteiger partial charge in [-0.15, -0.1) is 0 Å². The number of aromatic nitrogens is 1. The number of anilines is 1. The second-order valence-corrected chi connectivity index (χ2v) is 6.93. The molecule has 5 nitrogen and oxygen atoms in total. The van der Waals surface area contributed by atoms with E-state index in [-0.39, 0.29) is 11.8 Å². The summed E-state index contributed by atoms with van der Waals surface area (Å²) in [6.45, 7) is 1.93. The number of nitrogens with zero attached hydrogens (tertiary/aromatic N) is 1. The molecule has 2 N–H and O–H groups in total. The molecule has 1 saturated heterocycles. The van der Waals surface area contributed by atoms with Crippen molar-refractivity contribution in [2.75, 3.05) is 31.6 Å². The van der Waals surface area contributed by atoms with Crippen LogP contribution in [0.1, 0.15) is 26.2 Å². The highest BCUT2D eigenvalue weighted by Crippen LogP contribution is 2.26. The Balaban J connectivity index is 1.53. The maximum absolute atomic E-state index is 12.6. The molecule has 1 aromatic heterocycles. The van der Waals surface area contributed by atoms with Crippen LogP contribution in [0.15, 0.2) is 12.3 Å². The van der Waals surface area contributed by atoms with Crippen molar-refractivity contribution in [1.29, 1.82) is 0 Å². The molecule has 1 atom stereocenters.